The second-order valence-corrected chi connectivity index (χ2v) is 10.1. The van der Waals surface area contributed by atoms with E-state index in [0.717, 1.165) is 24.3 Å². The summed E-state index contributed by atoms with van der Waals surface area (Å²) in [5.41, 5.74) is -1.37. The summed E-state index contributed by atoms with van der Waals surface area (Å²) in [7, 11) is 0. The number of carbonyl (C=O) groups is 1. The Morgan fingerprint density at radius 2 is 1.60 bits per heavy atom. The van der Waals surface area contributed by atoms with E-state index in [1.54, 1.807) is 30.3 Å². The molecule has 4 rings (SSSR count). The Morgan fingerprint density at radius 3 is 2.19 bits per heavy atom. The molecule has 7 nitrogen and oxygen atoms in total. The van der Waals surface area contributed by atoms with E-state index in [0.29, 0.717) is 11.6 Å². The van der Waals surface area contributed by atoms with Crippen LogP contribution in [0.5, 0.6) is 5.75 Å². The number of alkyl halides is 4. The molecule has 5 unspecified atom stereocenters. The third-order valence-corrected chi connectivity index (χ3v) is 7.20. The van der Waals surface area contributed by atoms with Gasteiger partial charge in [-0.2, -0.15) is 17.6 Å². The van der Waals surface area contributed by atoms with Gasteiger partial charge < -0.3 is 30.7 Å². The van der Waals surface area contributed by atoms with Crippen LogP contribution in [-0.4, -0.2) is 58.7 Å². The number of ether oxygens (including phenoxy) is 1. The second kappa shape index (κ2) is 12.6. The molecule has 5 atom stereocenters. The summed E-state index contributed by atoms with van der Waals surface area (Å²) in [5.74, 6) is -3.50. The smallest absolute Gasteiger partial charge is 0.428 e. The van der Waals surface area contributed by atoms with E-state index >= 15 is 0 Å². The number of halogens is 6. The van der Waals surface area contributed by atoms with Crippen LogP contribution in [0.25, 0.3) is 0 Å². The van der Waals surface area contributed by atoms with E-state index in [9.17, 15) is 46.5 Å². The van der Waals surface area contributed by atoms with Gasteiger partial charge in [-0.3, -0.25) is 0 Å². The molecule has 2 amide bonds. The molecule has 0 bridgehead atoms. The number of urea groups is 1. The minimum atomic E-state index is -4.96. The first-order valence-electron chi connectivity index (χ1n) is 12.9. The van der Waals surface area contributed by atoms with E-state index in [2.05, 4.69) is 15.4 Å². The van der Waals surface area contributed by atoms with Crippen molar-refractivity contribution in [2.45, 2.75) is 49.2 Å². The maximum atomic E-state index is 14.9. The van der Waals surface area contributed by atoms with Crippen molar-refractivity contribution < 1.29 is 51.2 Å². The van der Waals surface area contributed by atoms with Crippen molar-refractivity contribution in [1.82, 2.24) is 10.6 Å². The summed E-state index contributed by atoms with van der Waals surface area (Å²) in [6, 6.07) is 13.2. The third-order valence-electron chi connectivity index (χ3n) is 7.20. The van der Waals surface area contributed by atoms with Crippen molar-refractivity contribution in [3.63, 3.8) is 0 Å². The van der Waals surface area contributed by atoms with Crippen LogP contribution in [0.1, 0.15) is 23.1 Å². The fraction of sp³-hybridized carbons (Fsp3) is 0.345. The molecule has 0 heterocycles. The number of carbonyl (C=O) groups excluding carboxylic acids is 1. The lowest BCUT2D eigenvalue weighted by Gasteiger charge is -2.37. The summed E-state index contributed by atoms with van der Waals surface area (Å²) < 4.78 is 86.4. The highest BCUT2D eigenvalue weighted by molar-refractivity contribution is 5.77. The zero-order chi connectivity index (χ0) is 30.7. The number of amides is 2. The minimum Gasteiger partial charge on any atom is -0.428 e. The first kappa shape index (κ1) is 31.1. The molecule has 0 aromatic heterocycles. The molecule has 1 fully saturated rings. The van der Waals surface area contributed by atoms with Crippen LogP contribution in [-0.2, 0) is 12.0 Å². The van der Waals surface area contributed by atoms with Crippen LogP contribution >= 0.6 is 0 Å². The Morgan fingerprint density at radius 1 is 0.929 bits per heavy atom. The normalized spacial score (nSPS) is 22.0. The molecule has 3 aromatic rings. The number of aliphatic hydroxyl groups is 3. The standard InChI is InChI=1S/C29H28F6N2O5/c30-20-8-6-18(7-9-20)28(14-16-4-2-1-3-5-16,37-27(41)36-23-10-17(15-38)24(39)25(23)40)19-11-21(31)13-22(12-19)42-29(34,35)26(32)33/h1-9,11-13,17,23-26,38-40H,10,14-15H2,(H2,36,37,41). The van der Waals surface area contributed by atoms with Gasteiger partial charge in [-0.15, -0.1) is 0 Å². The average Bonchev–Trinajstić information content (AvgIpc) is 3.20. The van der Waals surface area contributed by atoms with Gasteiger partial charge in [0.1, 0.15) is 23.5 Å². The average molecular weight is 599 g/mol. The lowest BCUT2D eigenvalue weighted by molar-refractivity contribution is -0.253. The molecule has 13 heteroatoms. The van der Waals surface area contributed by atoms with E-state index in [1.165, 1.54) is 12.1 Å². The number of aliphatic hydroxyl groups excluding tert-OH is 3. The molecular formula is C29H28F6N2O5. The zero-order valence-electron chi connectivity index (χ0n) is 21.9. The number of hydrogen-bond donors (Lipinski definition) is 5. The minimum absolute atomic E-state index is 0.00908. The number of hydrogen-bond acceptors (Lipinski definition) is 5. The van der Waals surface area contributed by atoms with Gasteiger partial charge in [0.05, 0.1) is 17.7 Å². The van der Waals surface area contributed by atoms with Gasteiger partial charge in [-0.25, -0.2) is 13.6 Å². The summed E-state index contributed by atoms with van der Waals surface area (Å²) in [5, 5.41) is 35.2. The van der Waals surface area contributed by atoms with Crippen LogP contribution in [0.15, 0.2) is 72.8 Å². The van der Waals surface area contributed by atoms with Crippen molar-refractivity contribution in [1.29, 1.82) is 0 Å². The van der Waals surface area contributed by atoms with Crippen molar-refractivity contribution in [2.75, 3.05) is 6.61 Å². The summed E-state index contributed by atoms with van der Waals surface area (Å²) in [4.78, 5) is 13.5. The second-order valence-electron chi connectivity index (χ2n) is 10.1. The predicted molar refractivity (Wildman–Crippen MR) is 138 cm³/mol. The van der Waals surface area contributed by atoms with Gasteiger partial charge in [0.25, 0.3) is 0 Å². The van der Waals surface area contributed by atoms with Crippen molar-refractivity contribution in [3.8, 4) is 5.75 Å². The molecule has 1 aliphatic carbocycles. The van der Waals surface area contributed by atoms with Gasteiger partial charge in [0.15, 0.2) is 0 Å². The van der Waals surface area contributed by atoms with Crippen LogP contribution in [0.2, 0.25) is 0 Å². The monoisotopic (exact) mass is 598 g/mol. The van der Waals surface area contributed by atoms with Gasteiger partial charge >= 0.3 is 18.6 Å². The SMILES string of the molecule is O=C(NC1CC(CO)C(O)C1O)NC(Cc1ccccc1)(c1ccc(F)cc1)c1cc(F)cc(OC(F)(F)C(F)F)c1. The Hall–Kier alpha value is -3.81. The molecule has 1 saturated carbocycles. The Balaban J connectivity index is 1.83. The van der Waals surface area contributed by atoms with Gasteiger partial charge in [0, 0.05) is 25.0 Å². The van der Waals surface area contributed by atoms with Gasteiger partial charge in [-0.1, -0.05) is 42.5 Å². The van der Waals surface area contributed by atoms with E-state index in [-0.39, 0.29) is 24.0 Å². The Labute approximate surface area is 236 Å². The third kappa shape index (κ3) is 6.80. The lowest BCUT2D eigenvalue weighted by Crippen LogP contribution is -2.55. The van der Waals surface area contributed by atoms with Gasteiger partial charge in [-0.05, 0) is 47.4 Å². The topological polar surface area (TPSA) is 111 Å². The zero-order valence-corrected chi connectivity index (χ0v) is 21.9. The molecule has 5 N–H and O–H groups in total. The molecular weight excluding hydrogens is 570 g/mol. The molecule has 0 saturated heterocycles. The summed E-state index contributed by atoms with van der Waals surface area (Å²) >= 11 is 0. The molecule has 0 spiro atoms. The number of rotatable bonds is 10. The fourth-order valence-electron chi connectivity index (χ4n) is 5.11. The van der Waals surface area contributed by atoms with Crippen LogP contribution in [0.3, 0.4) is 0 Å². The fourth-order valence-corrected chi connectivity index (χ4v) is 5.11. The lowest BCUT2D eigenvalue weighted by atomic mass is 9.77. The molecule has 0 aliphatic heterocycles. The van der Waals surface area contributed by atoms with Gasteiger partial charge in [0.2, 0.25) is 0 Å². The maximum absolute atomic E-state index is 14.9. The molecule has 226 valence electrons. The van der Waals surface area contributed by atoms with Crippen molar-refractivity contribution >= 4 is 6.03 Å². The first-order valence-corrected chi connectivity index (χ1v) is 12.9. The highest BCUT2D eigenvalue weighted by Crippen LogP contribution is 2.38. The summed E-state index contributed by atoms with van der Waals surface area (Å²) in [6.07, 6.45) is -12.1. The first-order chi connectivity index (χ1) is 19.8. The van der Waals surface area contributed by atoms with Crippen molar-refractivity contribution in [2.24, 2.45) is 5.92 Å². The van der Waals surface area contributed by atoms with E-state index in [4.69, 9.17) is 0 Å². The van der Waals surface area contributed by atoms with E-state index < -0.39 is 72.3 Å². The highest BCUT2D eigenvalue weighted by atomic mass is 19.3. The van der Waals surface area contributed by atoms with Crippen LogP contribution < -0.4 is 15.4 Å². The summed E-state index contributed by atoms with van der Waals surface area (Å²) in [6.45, 7) is -0.457. The van der Waals surface area contributed by atoms with Crippen LogP contribution in [0.4, 0.5) is 31.1 Å². The Kier molecular flexibility index (Phi) is 9.34. The largest absolute Gasteiger partial charge is 0.461 e. The molecule has 1 aliphatic rings. The molecule has 3 aromatic carbocycles. The van der Waals surface area contributed by atoms with Crippen LogP contribution in [0, 0.1) is 17.6 Å². The number of nitrogens with one attached hydrogen (secondary N) is 2. The van der Waals surface area contributed by atoms with E-state index in [1.807, 2.05) is 0 Å². The Bertz CT molecular complexity index is 1360. The number of benzene rings is 3. The predicted octanol–water partition coefficient (Wildman–Crippen LogP) is 4.09. The van der Waals surface area contributed by atoms with Crippen molar-refractivity contribution in [3.05, 3.63) is 101 Å². The highest BCUT2D eigenvalue weighted by Gasteiger charge is 2.46. The maximum Gasteiger partial charge on any atom is 0.461 e. The quantitative estimate of drug-likeness (QED) is 0.226. The molecule has 0 radical (unpaired) electrons. The molecule has 42 heavy (non-hydrogen) atoms.